The van der Waals surface area contributed by atoms with Crippen molar-refractivity contribution in [3.05, 3.63) is 53.6 Å². The number of hydrogen-bond acceptors (Lipinski definition) is 9. The van der Waals surface area contributed by atoms with Crippen LogP contribution in [0.5, 0.6) is 0 Å². The van der Waals surface area contributed by atoms with Gasteiger partial charge < -0.3 is 15.4 Å². The molecule has 4 rings (SSSR count). The van der Waals surface area contributed by atoms with Crippen LogP contribution >= 0.6 is 0 Å². The zero-order valence-electron chi connectivity index (χ0n) is 24.8. The number of benzene rings is 1. The molecule has 1 aliphatic rings. The first kappa shape index (κ1) is 26.3. The number of alkyl halides is 3. The average molecular weight is 588 g/mol. The van der Waals surface area contributed by atoms with Gasteiger partial charge in [-0.15, -0.1) is 0 Å². The summed E-state index contributed by atoms with van der Waals surface area (Å²) < 4.78 is 91.3. The van der Waals surface area contributed by atoms with E-state index in [9.17, 15) is 17.4 Å². The molecule has 2 atom stereocenters. The number of aliphatic carboxylic acids is 1. The van der Waals surface area contributed by atoms with Gasteiger partial charge >= 0.3 is 12.1 Å². The van der Waals surface area contributed by atoms with Crippen molar-refractivity contribution in [2.75, 3.05) is 12.7 Å². The topological polar surface area (TPSA) is 157 Å². The monoisotopic (exact) mass is 587 g/mol. The Morgan fingerprint density at radius 2 is 1.88 bits per heavy atom. The van der Waals surface area contributed by atoms with Gasteiger partial charge in [0.15, 0.2) is 17.3 Å². The third-order valence-electron chi connectivity index (χ3n) is 6.33. The number of aryl methyl sites for hydroxylation is 1. The van der Waals surface area contributed by atoms with Crippen LogP contribution in [0.15, 0.2) is 50.5 Å². The highest BCUT2D eigenvalue weighted by Crippen LogP contribution is 2.40. The van der Waals surface area contributed by atoms with Crippen LogP contribution in [0.25, 0.3) is 22.8 Å². The summed E-state index contributed by atoms with van der Waals surface area (Å²) >= 11 is 0. The molecule has 1 aromatic carbocycles. The minimum atomic E-state index is -5.08. The number of rotatable bonds is 4. The Bertz CT molecular complexity index is 1670. The molecule has 0 aliphatic carbocycles. The van der Waals surface area contributed by atoms with Crippen LogP contribution in [-0.2, 0) is 26.5 Å². The van der Waals surface area contributed by atoms with Gasteiger partial charge in [0.1, 0.15) is 21.9 Å². The minimum Gasteiger partial charge on any atom is -0.475 e. The van der Waals surface area contributed by atoms with E-state index < -0.39 is 45.0 Å². The largest absolute Gasteiger partial charge is 0.490 e. The van der Waals surface area contributed by atoms with Crippen molar-refractivity contribution in [1.29, 1.82) is 0 Å². The van der Waals surface area contributed by atoms with Crippen molar-refractivity contribution in [3.63, 3.8) is 0 Å². The Morgan fingerprint density at radius 3 is 2.42 bits per heavy atom. The number of amidine groups is 1. The lowest BCUT2D eigenvalue weighted by atomic mass is 9.91. The second kappa shape index (κ2) is 10.9. The molecule has 15 heteroatoms. The molecule has 0 fully saturated rings. The molecule has 3 N–H and O–H groups in total. The van der Waals surface area contributed by atoms with Gasteiger partial charge in [-0.1, -0.05) is 12.1 Å². The molecule has 216 valence electrons. The van der Waals surface area contributed by atoms with Gasteiger partial charge in [0.25, 0.3) is 0 Å². The predicted octanol–water partition coefficient (Wildman–Crippen LogP) is 4.60. The average Bonchev–Trinajstić information content (AvgIpc) is 3.37. The first-order chi connectivity index (χ1) is 19.6. The molecule has 1 aliphatic heterocycles. The van der Waals surface area contributed by atoms with E-state index in [1.807, 2.05) is 6.92 Å². The quantitative estimate of drug-likeness (QED) is 0.420. The van der Waals surface area contributed by atoms with E-state index in [1.54, 1.807) is 25.4 Å². The first-order valence-electron chi connectivity index (χ1n) is 13.1. The van der Waals surface area contributed by atoms with E-state index in [0.717, 1.165) is 12.0 Å². The molecule has 0 radical (unpaired) electrons. The summed E-state index contributed by atoms with van der Waals surface area (Å²) in [7, 11) is -3.48. The van der Waals surface area contributed by atoms with Gasteiger partial charge in [-0.25, -0.2) is 27.7 Å². The summed E-state index contributed by atoms with van der Waals surface area (Å²) in [5.74, 6) is -3.05. The number of hydrogen-bond donors (Lipinski definition) is 2. The minimum absolute atomic E-state index is 0.0614. The summed E-state index contributed by atoms with van der Waals surface area (Å²) in [5.41, 5.74) is 6.68. The summed E-state index contributed by atoms with van der Waals surface area (Å²) in [6.07, 6.45) is -0.859. The number of aliphatic imine (C=N–C) groups is 1. The van der Waals surface area contributed by atoms with Gasteiger partial charge in [-0.05, 0) is 51.0 Å². The predicted molar refractivity (Wildman–Crippen MR) is 140 cm³/mol. The molecule has 0 bridgehead atoms. The van der Waals surface area contributed by atoms with Gasteiger partial charge in [-0.2, -0.15) is 13.2 Å². The maximum Gasteiger partial charge on any atom is 0.490 e. The molecule has 3 aromatic rings. The first-order valence-corrected chi connectivity index (χ1v) is 13.3. The molecule has 40 heavy (non-hydrogen) atoms. The maximum absolute atomic E-state index is 15.2. The van der Waals surface area contributed by atoms with Crippen LogP contribution in [0.2, 0.25) is 0 Å². The van der Waals surface area contributed by atoms with Crippen molar-refractivity contribution in [1.82, 2.24) is 15.1 Å². The van der Waals surface area contributed by atoms with Crippen LogP contribution in [0, 0.1) is 5.82 Å². The van der Waals surface area contributed by atoms with E-state index in [0.29, 0.717) is 22.8 Å². The lowest BCUT2D eigenvalue weighted by Gasteiger charge is -2.40. The highest BCUT2D eigenvalue weighted by atomic mass is 32.2. The molecular weight excluding hydrogens is 556 g/mol. The Kier molecular flexibility index (Phi) is 7.21. The molecule has 2 aromatic heterocycles. The van der Waals surface area contributed by atoms with Gasteiger partial charge in [0.2, 0.25) is 0 Å². The van der Waals surface area contributed by atoms with Crippen LogP contribution < -0.4 is 5.73 Å². The number of carboxylic acid groups (broad SMARTS) is 1. The lowest BCUT2D eigenvalue weighted by molar-refractivity contribution is -0.192. The lowest BCUT2D eigenvalue weighted by Crippen LogP contribution is -2.54. The third-order valence-corrected chi connectivity index (χ3v) is 9.38. The smallest absolute Gasteiger partial charge is 0.475 e. The molecular formula is C25H28F4N6O4S. The second-order valence-electron chi connectivity index (χ2n) is 9.50. The maximum atomic E-state index is 15.2. The van der Waals surface area contributed by atoms with Crippen LogP contribution in [0.4, 0.5) is 17.6 Å². The van der Waals surface area contributed by atoms with E-state index in [1.165, 1.54) is 32.0 Å². The molecule has 0 saturated carbocycles. The Labute approximate surface area is 232 Å². The third kappa shape index (κ3) is 5.98. The van der Waals surface area contributed by atoms with Crippen LogP contribution in [0.3, 0.4) is 0 Å². The second-order valence-corrected chi connectivity index (χ2v) is 12.3. The number of carboxylic acids is 1. The Balaban J connectivity index is 0.000000646. The van der Waals surface area contributed by atoms with E-state index in [4.69, 9.17) is 24.3 Å². The normalized spacial score (nSPS) is 23.5. The van der Waals surface area contributed by atoms with Crippen molar-refractivity contribution >= 4 is 21.5 Å². The highest BCUT2D eigenvalue weighted by Gasteiger charge is 2.47. The highest BCUT2D eigenvalue weighted by molar-refractivity contribution is 7.95. The number of nitrogens with two attached hydrogens (primary N) is 1. The molecule has 0 amide bonds. The number of halogens is 4. The van der Waals surface area contributed by atoms with Gasteiger partial charge in [0.05, 0.1) is 15.5 Å². The van der Waals surface area contributed by atoms with E-state index in [2.05, 4.69) is 24.5 Å². The fourth-order valence-corrected chi connectivity index (χ4v) is 5.73. The van der Waals surface area contributed by atoms with Crippen molar-refractivity contribution < 1.29 is 40.3 Å². The SMILES string of the molecule is O=C(O)C(F)(F)F.[2H]C([2H])([2H])N=S1(=O)C[C@@](C)(c2cc(-c3cc(-c4ncc(CC)cn4)no3)ccc2F)N=C(N)C1(C)C. The molecule has 10 nitrogen and oxygen atoms in total. The summed E-state index contributed by atoms with van der Waals surface area (Å²) in [5, 5.41) is 11.2. The zero-order valence-corrected chi connectivity index (χ0v) is 22.6. The molecule has 0 spiro atoms. The standard InChI is InChI=1S/C23H27FN6O2S.C2HF3O2/c1-6-14-11-27-20(28-12-14)18-10-19(32-30-18)15-7-8-17(24)16(9-15)23(4)13-33(31,26-5)22(2,3)21(25)29-23;3-2(4,5)1(6)7/h7-12H,6,13H2,1-5H3,(H2,25,29);(H,6,7)/t23-,33?;/m0./s1/i5D3;. The van der Waals surface area contributed by atoms with Crippen molar-refractivity contribution in [2.45, 2.75) is 50.6 Å². The summed E-state index contributed by atoms with van der Waals surface area (Å²) in [4.78, 5) is 22.0. The van der Waals surface area contributed by atoms with Crippen molar-refractivity contribution in [2.24, 2.45) is 15.1 Å². The summed E-state index contributed by atoms with van der Waals surface area (Å²) in [6, 6.07) is 5.89. The number of carbonyl (C=O) groups is 1. The fourth-order valence-electron chi connectivity index (χ4n) is 3.72. The Hall–Kier alpha value is -3.88. The molecule has 0 saturated heterocycles. The molecule has 3 heterocycles. The van der Waals surface area contributed by atoms with Gasteiger partial charge in [0, 0.05) is 40.7 Å². The molecule has 1 unspecified atom stereocenters. The van der Waals surface area contributed by atoms with Crippen molar-refractivity contribution in [3.8, 4) is 22.8 Å². The van der Waals surface area contributed by atoms with E-state index >= 15 is 4.39 Å². The zero-order chi connectivity index (χ0) is 32.6. The Morgan fingerprint density at radius 1 is 1.25 bits per heavy atom. The fraction of sp³-hybridized carbons (Fsp3) is 0.400. The van der Waals surface area contributed by atoms with Crippen LogP contribution in [0.1, 0.15) is 42.9 Å². The van der Waals surface area contributed by atoms with E-state index in [-0.39, 0.29) is 17.2 Å². The summed E-state index contributed by atoms with van der Waals surface area (Å²) in [6.45, 7) is 3.80. The van der Waals surface area contributed by atoms with Crippen LogP contribution in [-0.4, -0.2) is 59.9 Å². The number of nitrogens with zero attached hydrogens (tertiary/aromatic N) is 5. The van der Waals surface area contributed by atoms with Gasteiger partial charge in [-0.3, -0.25) is 4.99 Å². The number of aromatic nitrogens is 3.